The third-order valence-corrected chi connectivity index (χ3v) is 27.3. The van der Waals surface area contributed by atoms with Gasteiger partial charge >= 0.3 is 18.2 Å². The van der Waals surface area contributed by atoms with Gasteiger partial charge in [0.2, 0.25) is 35.5 Å². The van der Waals surface area contributed by atoms with Crippen LogP contribution in [0.15, 0.2) is 101 Å². The number of pyridine rings is 2. The summed E-state index contributed by atoms with van der Waals surface area (Å²) >= 11 is 13.6. The number of fused-ring (bicyclic) bond motifs is 4. The van der Waals surface area contributed by atoms with Crippen molar-refractivity contribution in [2.75, 3.05) is 97.9 Å². The lowest BCUT2D eigenvalue weighted by atomic mass is 9.83. The third kappa shape index (κ3) is 17.4. The number of anilines is 7. The maximum absolute atomic E-state index is 16.2. The van der Waals surface area contributed by atoms with Gasteiger partial charge in [0, 0.05) is 135 Å². The fraction of sp³-hybridized carbons (Fsp3) is 0.484. The first-order valence-corrected chi connectivity index (χ1v) is 45.0. The van der Waals surface area contributed by atoms with Crippen molar-refractivity contribution in [3.05, 3.63) is 156 Å². The molecule has 12 heterocycles. The molecule has 37 heteroatoms. The first kappa shape index (κ1) is 87.0. The fourth-order valence-electron chi connectivity index (χ4n) is 19.8. The number of hydrogen-bond acceptors (Lipinski definition) is 27. The molecular weight excluding hydrogens is 1690 g/mol. The maximum Gasteiger partial charge on any atom is 0.347 e. The first-order valence-electron chi connectivity index (χ1n) is 44.2. The Balaban J connectivity index is 0.450. The van der Waals surface area contributed by atoms with Gasteiger partial charge in [-0.15, -0.1) is 0 Å². The van der Waals surface area contributed by atoms with Crippen LogP contribution < -0.4 is 61.9 Å². The van der Waals surface area contributed by atoms with Gasteiger partial charge in [0.1, 0.15) is 27.9 Å². The topological polar surface area (TPSA) is 378 Å². The minimum absolute atomic E-state index is 0.00613. The van der Waals surface area contributed by atoms with Crippen molar-refractivity contribution < 1.29 is 71.2 Å². The minimum Gasteiger partial charge on any atom is -0.476 e. The van der Waals surface area contributed by atoms with E-state index in [-0.39, 0.29) is 131 Å². The van der Waals surface area contributed by atoms with Crippen molar-refractivity contribution in [3.63, 3.8) is 0 Å². The highest BCUT2D eigenvalue weighted by Gasteiger charge is 2.48. The molecule has 34 nitrogen and oxygen atoms in total. The Morgan fingerprint density at radius 1 is 0.570 bits per heavy atom. The van der Waals surface area contributed by atoms with Crippen LogP contribution in [-0.2, 0) is 49.5 Å². The summed E-state index contributed by atoms with van der Waals surface area (Å²) in [6.07, 6.45) is 10.3. The predicted molar refractivity (Wildman–Crippen MR) is 472 cm³/mol. The molecule has 128 heavy (non-hydrogen) atoms. The molecule has 4 aromatic heterocycles. The summed E-state index contributed by atoms with van der Waals surface area (Å²) in [7, 11) is 1.32. The Hall–Kier alpha value is -11.8. The number of piperazine rings is 1. The van der Waals surface area contributed by atoms with E-state index in [1.165, 1.54) is 33.2 Å². The Morgan fingerprint density at radius 3 is 1.66 bits per heavy atom. The average molecular weight is 1790 g/mol. The molecule has 0 radical (unpaired) electrons. The van der Waals surface area contributed by atoms with Gasteiger partial charge in [-0.2, -0.15) is 9.97 Å². The lowest BCUT2D eigenvalue weighted by Crippen LogP contribution is -2.60. The smallest absolute Gasteiger partial charge is 0.347 e. The summed E-state index contributed by atoms with van der Waals surface area (Å²) < 4.78 is 50.2. The molecule has 672 valence electrons. The van der Waals surface area contributed by atoms with Crippen LogP contribution in [0.25, 0.3) is 21.8 Å². The molecule has 8 fully saturated rings. The number of halogens is 3. The maximum atomic E-state index is 16.2. The van der Waals surface area contributed by atoms with E-state index in [4.69, 9.17) is 56.9 Å². The number of carbonyl (C=O) groups excluding carboxylic acids is 9. The number of ether oxygens (including phenoxy) is 5. The zero-order valence-electron chi connectivity index (χ0n) is 71.8. The number of rotatable bonds is 25. The second kappa shape index (κ2) is 36.1. The lowest BCUT2D eigenvalue weighted by Gasteiger charge is -2.50. The summed E-state index contributed by atoms with van der Waals surface area (Å²) in [5.74, 6) is -4.58. The number of carbonyl (C=O) groups is 9. The monoisotopic (exact) mass is 1790 g/mol. The Kier molecular flexibility index (Phi) is 24.5. The Morgan fingerprint density at radius 2 is 1.11 bits per heavy atom. The van der Waals surface area contributed by atoms with E-state index in [9.17, 15) is 52.7 Å². The number of benzene rings is 4. The Bertz CT molecular complexity index is 5920. The summed E-state index contributed by atoms with van der Waals surface area (Å²) in [4.78, 5) is 178. The van der Waals surface area contributed by atoms with Crippen LogP contribution in [0.3, 0.4) is 0 Å². The van der Waals surface area contributed by atoms with E-state index < -0.39 is 83.6 Å². The molecular formula is C91H101Cl2FN18O16. The predicted octanol–water partition coefficient (Wildman–Crippen LogP) is 9.35. The summed E-state index contributed by atoms with van der Waals surface area (Å²) in [5, 5.41) is 15.2. The molecule has 3 unspecified atom stereocenters. The molecule has 0 spiro atoms. The lowest BCUT2D eigenvalue weighted by molar-refractivity contribution is -0.174. The number of likely N-dealkylation sites (tertiary alicyclic amines) is 1. The SMILES string of the molecule is CNC(=O)C(OC(=O)COc1cc2cc(Nc3nc(N4CCC(OC5CC(N6CCC(c7ccc8c(c7F)CN(C7CCC(=O)NC7=O)C8=O)CC6)C5)CC4)ncc3Cl)ccc2n(C(C)C)c1=O)Oc1cc2cc(Nc3nc(N4CCC(OC5CC(N6CCN(c7ccc8c(c7)C(=O)N(C7CCC(=O)NC7=O)C8=O)C[C@H]6C)C5)CC4)ncc3Cl)ccc2n(C(C)C)c1=O. The molecule has 4 atom stereocenters. The summed E-state index contributed by atoms with van der Waals surface area (Å²) in [6.45, 7) is 15.2. The van der Waals surface area contributed by atoms with Crippen LogP contribution >= 0.6 is 23.2 Å². The molecule has 4 aromatic carbocycles. The molecule has 0 bridgehead atoms. The summed E-state index contributed by atoms with van der Waals surface area (Å²) in [5.41, 5.74) is 3.64. The third-order valence-electron chi connectivity index (χ3n) is 26.8. The van der Waals surface area contributed by atoms with Crippen LogP contribution in [0.4, 0.5) is 45.0 Å². The number of aromatic nitrogens is 6. The zero-order chi connectivity index (χ0) is 89.4. The van der Waals surface area contributed by atoms with Crippen LogP contribution in [0.2, 0.25) is 10.0 Å². The quantitative estimate of drug-likeness (QED) is 0.0202. The highest BCUT2D eigenvalue weighted by molar-refractivity contribution is 6.33. The minimum atomic E-state index is -1.99. The second-order valence-electron chi connectivity index (χ2n) is 35.5. The normalized spacial score (nSPS) is 23.0. The van der Waals surface area contributed by atoms with Gasteiger partial charge in [0.05, 0.1) is 65.5 Å². The van der Waals surface area contributed by atoms with Gasteiger partial charge in [-0.25, -0.2) is 19.2 Å². The number of imide groups is 3. The molecule has 8 amide bonds. The molecule has 2 aliphatic carbocycles. The molecule has 5 N–H and O–H groups in total. The van der Waals surface area contributed by atoms with Gasteiger partial charge in [-0.1, -0.05) is 29.3 Å². The van der Waals surface area contributed by atoms with Crippen LogP contribution in [-0.4, -0.2) is 235 Å². The van der Waals surface area contributed by atoms with Gasteiger partial charge < -0.3 is 73.3 Å². The number of esters is 1. The highest BCUT2D eigenvalue weighted by Crippen LogP contribution is 2.43. The standard InChI is InChI=1S/C91H101Cl2FN18O16/c1-47(2)110-69-13-7-53(98-79-67(92)42-96-90(102-79)105-27-21-58(22-28-105)125-60-37-56(38-60)104-25-19-50(20-26-104)62-11-12-64-66(78(62)94)45-109(84(64)119)71-15-17-75(113)100-81(71)116)33-51(69)35-73(87(110)122)124-46-77(115)128-89(83(118)95-6)127-74-36-52-34-54(8-14-70(52)111(48(3)4)88(74)123)99-80-68(93)43-97-91(103-80)106-29-23-59(24-30-106)126-61-39-57(40-61)108-32-31-107(44-49(108)5)55-9-10-63-65(41-55)86(121)112(85(63)120)72-16-18-76(114)101-82(72)117/h7-14,33-36,41-43,47-50,56-61,71-72,89H,15-32,37-40,44-46H2,1-6H3,(H,95,118)(H,96,98,102)(H,97,99,103)(H,100,113,116)(H,101,114,117)/t49-,56?,57?,60?,61?,71?,72?,89?/m1/s1. The van der Waals surface area contributed by atoms with E-state index >= 15 is 4.39 Å². The van der Waals surface area contributed by atoms with Gasteiger partial charge in [0.15, 0.2) is 29.7 Å². The van der Waals surface area contributed by atoms with Crippen molar-refractivity contribution >= 4 is 139 Å². The van der Waals surface area contributed by atoms with Crippen molar-refractivity contribution in [1.29, 1.82) is 0 Å². The van der Waals surface area contributed by atoms with Gasteiger partial charge in [-0.05, 0) is 209 Å². The van der Waals surface area contributed by atoms with Crippen LogP contribution in [0, 0.1) is 5.82 Å². The van der Waals surface area contributed by atoms with E-state index in [2.05, 4.69) is 68.0 Å². The Labute approximate surface area is 745 Å². The molecule has 2 saturated carbocycles. The van der Waals surface area contributed by atoms with Gasteiger partial charge in [0.25, 0.3) is 28.8 Å². The van der Waals surface area contributed by atoms with Crippen molar-refractivity contribution in [1.82, 2.24) is 64.6 Å². The molecule has 10 aliphatic rings. The average Bonchev–Trinajstić information content (AvgIpc) is 1.52. The molecule has 8 aromatic rings. The highest BCUT2D eigenvalue weighted by atomic mass is 35.5. The van der Waals surface area contributed by atoms with Gasteiger partial charge in [-0.3, -0.25) is 68.4 Å². The summed E-state index contributed by atoms with van der Waals surface area (Å²) in [6, 6.07) is 20.7. The molecule has 8 aliphatic heterocycles. The van der Waals surface area contributed by atoms with Crippen LogP contribution in [0.5, 0.6) is 11.5 Å². The van der Waals surface area contributed by atoms with Crippen LogP contribution in [0.1, 0.15) is 185 Å². The second-order valence-corrected chi connectivity index (χ2v) is 36.3. The number of amides is 8. The van der Waals surface area contributed by atoms with Crippen molar-refractivity contribution in [2.45, 2.75) is 210 Å². The van der Waals surface area contributed by atoms with E-state index in [1.54, 1.807) is 73.1 Å². The number of nitrogens with one attached hydrogen (secondary N) is 5. The fourth-order valence-corrected chi connectivity index (χ4v) is 20.1. The number of likely N-dealkylation sites (N-methyl/N-ethyl adjacent to an activating group) is 1. The molecule has 18 rings (SSSR count). The van der Waals surface area contributed by atoms with E-state index in [0.29, 0.717) is 106 Å². The van der Waals surface area contributed by atoms with E-state index in [1.807, 2.05) is 33.8 Å². The number of nitrogens with zero attached hydrogens (tertiary/aromatic N) is 13. The number of piperidine rings is 5. The number of hydrogen-bond donors (Lipinski definition) is 5. The van der Waals surface area contributed by atoms with Crippen molar-refractivity contribution in [3.8, 4) is 11.5 Å². The van der Waals surface area contributed by atoms with E-state index in [0.717, 1.165) is 108 Å². The van der Waals surface area contributed by atoms with Crippen molar-refractivity contribution in [2.24, 2.45) is 0 Å². The first-order chi connectivity index (χ1) is 61.6. The zero-order valence-corrected chi connectivity index (χ0v) is 73.3. The largest absolute Gasteiger partial charge is 0.476 e. The molecule has 6 saturated heterocycles.